The van der Waals surface area contributed by atoms with Crippen LogP contribution in [0.4, 0.5) is 0 Å². The molecule has 5 heteroatoms. The molecule has 1 atom stereocenters. The molecule has 0 radical (unpaired) electrons. The minimum absolute atomic E-state index is 0.00368. The first-order valence-electron chi connectivity index (χ1n) is 8.09. The van der Waals surface area contributed by atoms with Gasteiger partial charge in [-0.25, -0.2) is 0 Å². The number of pyridine rings is 1. The van der Waals surface area contributed by atoms with Crippen LogP contribution in [-0.4, -0.2) is 60.6 Å². The Bertz CT molecular complexity index is 452. The highest BCUT2D eigenvalue weighted by molar-refractivity contribution is 5.82. The number of ether oxygens (including phenoxy) is 1. The molecule has 0 saturated carbocycles. The second kappa shape index (κ2) is 8.86. The summed E-state index contributed by atoms with van der Waals surface area (Å²) in [5, 5.41) is 0. The van der Waals surface area contributed by atoms with Gasteiger partial charge in [-0.2, -0.15) is 0 Å². The van der Waals surface area contributed by atoms with Crippen molar-refractivity contribution in [2.24, 2.45) is 0 Å². The summed E-state index contributed by atoms with van der Waals surface area (Å²) in [6, 6.07) is 3.92. The summed E-state index contributed by atoms with van der Waals surface area (Å²) in [4.78, 5) is 21.2. The number of hydrogen-bond acceptors (Lipinski definition) is 4. The fourth-order valence-electron chi connectivity index (χ4n) is 2.96. The standard InChI is InChI=1S/C17H27N3O2/c1-19-10-5-3-4-8-16(19)17(21)20(11-12-22-2)14-15-7-6-9-18-13-15/h6-7,9,13,16H,3-5,8,10-12,14H2,1-2H3. The molecule has 1 saturated heterocycles. The molecule has 22 heavy (non-hydrogen) atoms. The van der Waals surface area contributed by atoms with Crippen molar-refractivity contribution in [1.82, 2.24) is 14.8 Å². The third kappa shape index (κ3) is 4.78. The Morgan fingerprint density at radius 3 is 3.05 bits per heavy atom. The van der Waals surface area contributed by atoms with Gasteiger partial charge in [0.15, 0.2) is 0 Å². The van der Waals surface area contributed by atoms with Crippen LogP contribution in [0, 0.1) is 0 Å². The number of aromatic nitrogens is 1. The molecule has 0 spiro atoms. The lowest BCUT2D eigenvalue weighted by Crippen LogP contribution is -2.47. The molecule has 1 amide bonds. The molecule has 2 rings (SSSR count). The highest BCUT2D eigenvalue weighted by atomic mass is 16.5. The van der Waals surface area contributed by atoms with E-state index >= 15 is 0 Å². The van der Waals surface area contributed by atoms with E-state index in [1.165, 1.54) is 12.8 Å². The van der Waals surface area contributed by atoms with Crippen molar-refractivity contribution in [1.29, 1.82) is 0 Å². The van der Waals surface area contributed by atoms with Crippen molar-refractivity contribution < 1.29 is 9.53 Å². The summed E-state index contributed by atoms with van der Waals surface area (Å²) in [5.41, 5.74) is 1.06. The lowest BCUT2D eigenvalue weighted by Gasteiger charge is -2.31. The molecule has 0 aromatic carbocycles. The first-order chi connectivity index (χ1) is 10.7. The van der Waals surface area contributed by atoms with Gasteiger partial charge in [0.1, 0.15) is 0 Å². The zero-order chi connectivity index (χ0) is 15.8. The number of likely N-dealkylation sites (N-methyl/N-ethyl adjacent to an activating group) is 1. The molecule has 1 fully saturated rings. The fourth-order valence-corrected chi connectivity index (χ4v) is 2.96. The minimum atomic E-state index is -0.00368. The molecule has 122 valence electrons. The second-order valence-corrected chi connectivity index (χ2v) is 5.96. The summed E-state index contributed by atoms with van der Waals surface area (Å²) >= 11 is 0. The van der Waals surface area contributed by atoms with Crippen LogP contribution in [0.5, 0.6) is 0 Å². The predicted molar refractivity (Wildman–Crippen MR) is 86.4 cm³/mol. The zero-order valence-corrected chi connectivity index (χ0v) is 13.7. The number of rotatable bonds is 6. The van der Waals surface area contributed by atoms with Gasteiger partial charge in [0.25, 0.3) is 0 Å². The number of nitrogens with zero attached hydrogens (tertiary/aromatic N) is 3. The van der Waals surface area contributed by atoms with Crippen LogP contribution in [0.25, 0.3) is 0 Å². The normalized spacial score (nSPS) is 19.6. The van der Waals surface area contributed by atoms with Gasteiger partial charge in [0.2, 0.25) is 5.91 Å². The molecule has 1 aromatic heterocycles. The van der Waals surface area contributed by atoms with Gasteiger partial charge >= 0.3 is 0 Å². The monoisotopic (exact) mass is 305 g/mol. The van der Waals surface area contributed by atoms with E-state index in [1.807, 2.05) is 23.2 Å². The van der Waals surface area contributed by atoms with E-state index in [0.717, 1.165) is 24.9 Å². The second-order valence-electron chi connectivity index (χ2n) is 5.96. The molecule has 1 aliphatic heterocycles. The van der Waals surface area contributed by atoms with Crippen molar-refractivity contribution in [2.75, 3.05) is 33.9 Å². The molecule has 0 aliphatic carbocycles. The Labute approximate surface area is 133 Å². The average Bonchev–Trinajstić information content (AvgIpc) is 2.76. The van der Waals surface area contributed by atoms with Gasteiger partial charge in [-0.1, -0.05) is 18.9 Å². The maximum Gasteiger partial charge on any atom is 0.240 e. The van der Waals surface area contributed by atoms with E-state index in [4.69, 9.17) is 4.74 Å². The summed E-state index contributed by atoms with van der Waals surface area (Å²) < 4.78 is 5.18. The molecule has 1 aromatic rings. The largest absolute Gasteiger partial charge is 0.383 e. The maximum atomic E-state index is 13.0. The number of methoxy groups -OCH3 is 1. The molecular formula is C17H27N3O2. The molecular weight excluding hydrogens is 278 g/mol. The Kier molecular flexibility index (Phi) is 6.80. The summed E-state index contributed by atoms with van der Waals surface area (Å²) in [6.45, 7) is 2.78. The SMILES string of the molecule is COCCN(Cc1cccnc1)C(=O)C1CCCCCN1C. The topological polar surface area (TPSA) is 45.7 Å². The van der Waals surface area contributed by atoms with Crippen molar-refractivity contribution in [2.45, 2.75) is 38.3 Å². The van der Waals surface area contributed by atoms with Crippen molar-refractivity contribution >= 4 is 5.91 Å². The smallest absolute Gasteiger partial charge is 0.240 e. The number of amides is 1. The highest BCUT2D eigenvalue weighted by Crippen LogP contribution is 2.18. The van der Waals surface area contributed by atoms with Gasteiger partial charge in [-0.15, -0.1) is 0 Å². The van der Waals surface area contributed by atoms with E-state index in [-0.39, 0.29) is 11.9 Å². The molecule has 5 nitrogen and oxygen atoms in total. The maximum absolute atomic E-state index is 13.0. The third-order valence-electron chi connectivity index (χ3n) is 4.28. The Balaban J connectivity index is 2.07. The van der Waals surface area contributed by atoms with Crippen LogP contribution in [0.1, 0.15) is 31.2 Å². The van der Waals surface area contributed by atoms with Gasteiger partial charge in [-0.3, -0.25) is 14.7 Å². The molecule has 1 aliphatic rings. The minimum Gasteiger partial charge on any atom is -0.383 e. The van der Waals surface area contributed by atoms with E-state index < -0.39 is 0 Å². The average molecular weight is 305 g/mol. The van der Waals surface area contributed by atoms with Crippen LogP contribution < -0.4 is 0 Å². The first kappa shape index (κ1) is 16.9. The number of carbonyl (C=O) groups excluding carboxylic acids is 1. The van der Waals surface area contributed by atoms with Crippen LogP contribution in [0.2, 0.25) is 0 Å². The Morgan fingerprint density at radius 2 is 2.32 bits per heavy atom. The van der Waals surface area contributed by atoms with E-state index in [1.54, 1.807) is 13.3 Å². The summed E-state index contributed by atoms with van der Waals surface area (Å²) in [7, 11) is 3.73. The molecule has 1 unspecified atom stereocenters. The van der Waals surface area contributed by atoms with Crippen LogP contribution >= 0.6 is 0 Å². The number of likely N-dealkylation sites (tertiary alicyclic amines) is 1. The van der Waals surface area contributed by atoms with Gasteiger partial charge in [0.05, 0.1) is 12.6 Å². The van der Waals surface area contributed by atoms with Crippen molar-refractivity contribution in [3.05, 3.63) is 30.1 Å². The first-order valence-corrected chi connectivity index (χ1v) is 8.09. The van der Waals surface area contributed by atoms with Gasteiger partial charge in [-0.05, 0) is 38.1 Å². The van der Waals surface area contributed by atoms with Gasteiger partial charge in [0, 0.05) is 32.6 Å². The van der Waals surface area contributed by atoms with Crippen molar-refractivity contribution in [3.63, 3.8) is 0 Å². The van der Waals surface area contributed by atoms with E-state index in [0.29, 0.717) is 19.7 Å². The lowest BCUT2D eigenvalue weighted by molar-refractivity contribution is -0.138. The van der Waals surface area contributed by atoms with E-state index in [9.17, 15) is 4.79 Å². The Hall–Kier alpha value is -1.46. The van der Waals surface area contributed by atoms with Crippen molar-refractivity contribution in [3.8, 4) is 0 Å². The molecule has 0 N–H and O–H groups in total. The number of hydrogen-bond donors (Lipinski definition) is 0. The zero-order valence-electron chi connectivity index (χ0n) is 13.7. The van der Waals surface area contributed by atoms with E-state index in [2.05, 4.69) is 16.9 Å². The molecule has 2 heterocycles. The predicted octanol–water partition coefficient (Wildman–Crippen LogP) is 1.93. The van der Waals surface area contributed by atoms with Gasteiger partial charge < -0.3 is 9.64 Å². The quantitative estimate of drug-likeness (QED) is 0.805. The molecule has 0 bridgehead atoms. The summed E-state index contributed by atoms with van der Waals surface area (Å²) in [5.74, 6) is 0.213. The van der Waals surface area contributed by atoms with Crippen LogP contribution in [0.3, 0.4) is 0 Å². The van der Waals surface area contributed by atoms with Crippen LogP contribution in [-0.2, 0) is 16.1 Å². The summed E-state index contributed by atoms with van der Waals surface area (Å²) in [6.07, 6.45) is 8.06. The van der Waals surface area contributed by atoms with Crippen LogP contribution in [0.15, 0.2) is 24.5 Å². The third-order valence-corrected chi connectivity index (χ3v) is 4.28. The fraction of sp³-hybridized carbons (Fsp3) is 0.647. The lowest BCUT2D eigenvalue weighted by atomic mass is 10.1. The number of carbonyl (C=O) groups is 1. The highest BCUT2D eigenvalue weighted by Gasteiger charge is 2.28. The Morgan fingerprint density at radius 1 is 1.45 bits per heavy atom.